The molecule has 0 bridgehead atoms. The molecule has 0 aliphatic heterocycles. The fourth-order valence-electron chi connectivity index (χ4n) is 2.70. The van der Waals surface area contributed by atoms with Gasteiger partial charge in [0.25, 0.3) is 5.91 Å². The van der Waals surface area contributed by atoms with Crippen LogP contribution < -0.4 is 16.0 Å². The Labute approximate surface area is 174 Å². The largest absolute Gasteiger partial charge is 0.356 e. The molecular formula is C21H26BrFN4O. The van der Waals surface area contributed by atoms with E-state index in [2.05, 4.69) is 36.9 Å². The van der Waals surface area contributed by atoms with Crippen LogP contribution in [0.4, 0.5) is 4.39 Å². The lowest BCUT2D eigenvalue weighted by atomic mass is 10.1. The molecule has 0 spiro atoms. The second kappa shape index (κ2) is 11.4. The van der Waals surface area contributed by atoms with Gasteiger partial charge in [0.1, 0.15) is 5.82 Å². The standard InChI is InChI=1S/C21H26BrFN4O/c1-3-25-20(28)17-7-4-6-15(12-17)14-27-21(24-2)26-11-5-8-16-9-10-18(22)13-19(16)23/h4,6-7,9-10,12-13H,3,5,8,11,14H2,1-2H3,(H,25,28)(H2,24,26,27). The van der Waals surface area contributed by atoms with Crippen LogP contribution in [0.25, 0.3) is 0 Å². The number of hydrogen-bond acceptors (Lipinski definition) is 2. The van der Waals surface area contributed by atoms with Gasteiger partial charge in [0.2, 0.25) is 0 Å². The Bertz CT molecular complexity index is 826. The summed E-state index contributed by atoms with van der Waals surface area (Å²) in [5.74, 6) is 0.399. The van der Waals surface area contributed by atoms with Crippen molar-refractivity contribution in [2.24, 2.45) is 4.99 Å². The third-order valence-corrected chi connectivity index (χ3v) is 4.63. The van der Waals surface area contributed by atoms with Crippen molar-refractivity contribution in [3.8, 4) is 0 Å². The lowest BCUT2D eigenvalue weighted by Gasteiger charge is -2.13. The van der Waals surface area contributed by atoms with Gasteiger partial charge in [-0.2, -0.15) is 0 Å². The first-order valence-electron chi connectivity index (χ1n) is 9.29. The monoisotopic (exact) mass is 448 g/mol. The molecule has 150 valence electrons. The van der Waals surface area contributed by atoms with Crippen LogP contribution in [-0.2, 0) is 13.0 Å². The van der Waals surface area contributed by atoms with Crippen molar-refractivity contribution in [1.82, 2.24) is 16.0 Å². The van der Waals surface area contributed by atoms with E-state index < -0.39 is 0 Å². The summed E-state index contributed by atoms with van der Waals surface area (Å²) in [4.78, 5) is 16.1. The highest BCUT2D eigenvalue weighted by Crippen LogP contribution is 2.16. The van der Waals surface area contributed by atoms with Gasteiger partial charge in [-0.15, -0.1) is 0 Å². The summed E-state index contributed by atoms with van der Waals surface area (Å²) in [5.41, 5.74) is 2.33. The van der Waals surface area contributed by atoms with Crippen molar-refractivity contribution in [3.05, 3.63) is 69.4 Å². The molecule has 0 heterocycles. The fraction of sp³-hybridized carbons (Fsp3) is 0.333. The summed E-state index contributed by atoms with van der Waals surface area (Å²) >= 11 is 3.26. The summed E-state index contributed by atoms with van der Waals surface area (Å²) in [6.45, 7) is 3.72. The minimum Gasteiger partial charge on any atom is -0.356 e. The highest BCUT2D eigenvalue weighted by molar-refractivity contribution is 9.10. The summed E-state index contributed by atoms with van der Waals surface area (Å²) in [5, 5.41) is 9.25. The zero-order valence-electron chi connectivity index (χ0n) is 16.2. The number of nitrogens with one attached hydrogen (secondary N) is 3. The molecule has 1 amide bonds. The molecule has 0 fully saturated rings. The molecule has 2 aromatic carbocycles. The van der Waals surface area contributed by atoms with Gasteiger partial charge < -0.3 is 16.0 Å². The number of aryl methyl sites for hydroxylation is 1. The van der Waals surface area contributed by atoms with Crippen LogP contribution in [0.15, 0.2) is 51.9 Å². The summed E-state index contributed by atoms with van der Waals surface area (Å²) < 4.78 is 14.6. The topological polar surface area (TPSA) is 65.5 Å². The maximum Gasteiger partial charge on any atom is 0.251 e. The number of aliphatic imine (C=N–C) groups is 1. The number of benzene rings is 2. The first kappa shape index (κ1) is 21.9. The van der Waals surface area contributed by atoms with Crippen molar-refractivity contribution in [2.45, 2.75) is 26.3 Å². The van der Waals surface area contributed by atoms with Gasteiger partial charge in [-0.3, -0.25) is 9.79 Å². The van der Waals surface area contributed by atoms with E-state index in [1.807, 2.05) is 31.2 Å². The highest BCUT2D eigenvalue weighted by atomic mass is 79.9. The van der Waals surface area contributed by atoms with Crippen LogP contribution in [0.2, 0.25) is 0 Å². The number of amides is 1. The van der Waals surface area contributed by atoms with E-state index in [0.717, 1.165) is 16.5 Å². The van der Waals surface area contributed by atoms with E-state index in [4.69, 9.17) is 0 Å². The molecule has 0 radical (unpaired) electrons. The number of nitrogens with zero attached hydrogens (tertiary/aromatic N) is 1. The van der Waals surface area contributed by atoms with Crippen LogP contribution in [0, 0.1) is 5.82 Å². The molecule has 0 saturated heterocycles. The second-order valence-corrected chi connectivity index (χ2v) is 7.17. The average molecular weight is 449 g/mol. The highest BCUT2D eigenvalue weighted by Gasteiger charge is 2.06. The first-order valence-corrected chi connectivity index (χ1v) is 10.1. The van der Waals surface area contributed by atoms with Gasteiger partial charge in [0, 0.05) is 36.7 Å². The van der Waals surface area contributed by atoms with E-state index in [1.165, 1.54) is 6.07 Å². The van der Waals surface area contributed by atoms with Crippen molar-refractivity contribution in [1.29, 1.82) is 0 Å². The number of carbonyl (C=O) groups excluding carboxylic acids is 1. The average Bonchev–Trinajstić information content (AvgIpc) is 2.69. The van der Waals surface area contributed by atoms with Gasteiger partial charge in [0.05, 0.1) is 0 Å². The van der Waals surface area contributed by atoms with Crippen molar-refractivity contribution in [3.63, 3.8) is 0 Å². The smallest absolute Gasteiger partial charge is 0.251 e. The summed E-state index contributed by atoms with van der Waals surface area (Å²) in [7, 11) is 1.70. The van der Waals surface area contributed by atoms with E-state index in [1.54, 1.807) is 19.2 Å². The van der Waals surface area contributed by atoms with Crippen LogP contribution in [-0.4, -0.2) is 32.0 Å². The SMILES string of the molecule is CCNC(=O)c1cccc(CNC(=NC)NCCCc2ccc(Br)cc2F)c1. The molecule has 0 aromatic heterocycles. The predicted octanol–water partition coefficient (Wildman–Crippen LogP) is 3.64. The Balaban J connectivity index is 1.78. The zero-order chi connectivity index (χ0) is 20.4. The van der Waals surface area contributed by atoms with Crippen LogP contribution in [0.1, 0.15) is 34.8 Å². The minimum atomic E-state index is -0.191. The molecule has 28 heavy (non-hydrogen) atoms. The first-order chi connectivity index (χ1) is 13.5. The molecular weight excluding hydrogens is 423 g/mol. The maximum atomic E-state index is 13.8. The second-order valence-electron chi connectivity index (χ2n) is 6.25. The van der Waals surface area contributed by atoms with Crippen LogP contribution >= 0.6 is 15.9 Å². The van der Waals surface area contributed by atoms with Gasteiger partial charge >= 0.3 is 0 Å². The van der Waals surface area contributed by atoms with E-state index in [9.17, 15) is 9.18 Å². The van der Waals surface area contributed by atoms with Gasteiger partial charge in [-0.05, 0) is 55.2 Å². The molecule has 0 aliphatic carbocycles. The fourth-order valence-corrected chi connectivity index (χ4v) is 3.03. The number of guanidine groups is 1. The van der Waals surface area contributed by atoms with Crippen molar-refractivity contribution < 1.29 is 9.18 Å². The number of hydrogen-bond donors (Lipinski definition) is 3. The molecule has 2 rings (SSSR count). The van der Waals surface area contributed by atoms with Gasteiger partial charge in [-0.1, -0.05) is 34.1 Å². The number of carbonyl (C=O) groups is 1. The molecule has 7 heteroatoms. The number of rotatable bonds is 8. The molecule has 0 saturated carbocycles. The molecule has 0 atom stereocenters. The third kappa shape index (κ3) is 6.96. The van der Waals surface area contributed by atoms with Crippen molar-refractivity contribution >= 4 is 27.8 Å². The lowest BCUT2D eigenvalue weighted by molar-refractivity contribution is 0.0955. The number of halogens is 2. The predicted molar refractivity (Wildman–Crippen MR) is 115 cm³/mol. The lowest BCUT2D eigenvalue weighted by Crippen LogP contribution is -2.37. The molecule has 0 unspecified atom stereocenters. The molecule has 3 N–H and O–H groups in total. The zero-order valence-corrected chi connectivity index (χ0v) is 17.8. The Hall–Kier alpha value is -2.41. The minimum absolute atomic E-state index is 0.0768. The Morgan fingerprint density at radius 3 is 2.68 bits per heavy atom. The summed E-state index contributed by atoms with van der Waals surface area (Å²) in [6, 6.07) is 12.6. The Morgan fingerprint density at radius 1 is 1.14 bits per heavy atom. The summed E-state index contributed by atoms with van der Waals surface area (Å²) in [6.07, 6.45) is 1.43. The Morgan fingerprint density at radius 2 is 1.96 bits per heavy atom. The quantitative estimate of drug-likeness (QED) is 0.328. The van der Waals surface area contributed by atoms with E-state index in [0.29, 0.717) is 43.1 Å². The molecule has 0 aliphatic rings. The van der Waals surface area contributed by atoms with E-state index >= 15 is 0 Å². The van der Waals surface area contributed by atoms with Crippen LogP contribution in [0.5, 0.6) is 0 Å². The molecule has 2 aromatic rings. The van der Waals surface area contributed by atoms with Crippen molar-refractivity contribution in [2.75, 3.05) is 20.1 Å². The van der Waals surface area contributed by atoms with Gasteiger partial charge in [-0.25, -0.2) is 4.39 Å². The van der Waals surface area contributed by atoms with Gasteiger partial charge in [0.15, 0.2) is 5.96 Å². The molecule has 5 nitrogen and oxygen atoms in total. The maximum absolute atomic E-state index is 13.8. The van der Waals surface area contributed by atoms with Crippen LogP contribution in [0.3, 0.4) is 0 Å². The van der Waals surface area contributed by atoms with E-state index in [-0.39, 0.29) is 11.7 Å². The third-order valence-electron chi connectivity index (χ3n) is 4.14. The normalized spacial score (nSPS) is 11.2. The Kier molecular flexibility index (Phi) is 8.94.